The van der Waals surface area contributed by atoms with Crippen molar-refractivity contribution in [2.24, 2.45) is 0 Å². The van der Waals surface area contributed by atoms with Crippen molar-refractivity contribution in [3.8, 4) is 0 Å². The van der Waals surface area contributed by atoms with E-state index in [4.69, 9.17) is 4.74 Å². The third kappa shape index (κ3) is 4.12. The molecular formula is C27H26N4O3. The van der Waals surface area contributed by atoms with Crippen molar-refractivity contribution in [2.75, 3.05) is 19.5 Å². The Hall–Kier alpha value is -4.13. The Morgan fingerprint density at radius 2 is 1.85 bits per heavy atom. The first kappa shape index (κ1) is 21.7. The Morgan fingerprint density at radius 3 is 2.68 bits per heavy atom. The van der Waals surface area contributed by atoms with E-state index in [2.05, 4.69) is 21.4 Å². The van der Waals surface area contributed by atoms with Gasteiger partial charge in [-0.1, -0.05) is 42.5 Å². The number of hydrogen-bond donors (Lipinski definition) is 2. The molecule has 1 aliphatic rings. The topological polar surface area (TPSA) is 87.3 Å². The predicted molar refractivity (Wildman–Crippen MR) is 131 cm³/mol. The molecule has 3 aromatic carbocycles. The Kier molecular flexibility index (Phi) is 5.76. The van der Waals surface area contributed by atoms with E-state index in [9.17, 15) is 9.59 Å². The quantitative estimate of drug-likeness (QED) is 0.435. The highest BCUT2D eigenvalue weighted by Crippen LogP contribution is 2.36. The summed E-state index contributed by atoms with van der Waals surface area (Å²) in [6, 6.07) is 21.3. The molecule has 0 saturated heterocycles. The monoisotopic (exact) mass is 454 g/mol. The summed E-state index contributed by atoms with van der Waals surface area (Å²) in [7, 11) is 3.18. The SMILES string of the molecule is COC(=O)CC1Nc2cccc(C(=O)N(C)Cc3nc4ccccc4[nH]3)c2Cc2ccccc21. The predicted octanol–water partition coefficient (Wildman–Crippen LogP) is 4.46. The first-order valence-corrected chi connectivity index (χ1v) is 11.3. The zero-order chi connectivity index (χ0) is 23.7. The Morgan fingerprint density at radius 1 is 1.06 bits per heavy atom. The molecule has 0 fully saturated rings. The standard InChI is InChI=1S/C27H26N4O3/c1-31(16-25-29-22-11-5-6-12-23(22)30-25)27(33)19-10-7-13-21-20(19)14-17-8-3-4-9-18(17)24(28-21)15-26(32)34-2/h3-13,24,28H,14-16H2,1-2H3,(H,29,30). The molecule has 5 rings (SSSR count). The zero-order valence-electron chi connectivity index (χ0n) is 19.2. The molecule has 1 unspecified atom stereocenters. The second kappa shape index (κ2) is 9.02. The highest BCUT2D eigenvalue weighted by molar-refractivity contribution is 5.97. The average molecular weight is 455 g/mol. The molecule has 0 saturated carbocycles. The van der Waals surface area contributed by atoms with E-state index in [1.807, 2.05) is 60.7 Å². The van der Waals surface area contributed by atoms with Crippen LogP contribution in [-0.2, 0) is 22.5 Å². The van der Waals surface area contributed by atoms with E-state index in [1.54, 1.807) is 11.9 Å². The van der Waals surface area contributed by atoms with Crippen LogP contribution in [0.2, 0.25) is 0 Å². The van der Waals surface area contributed by atoms with E-state index >= 15 is 0 Å². The lowest BCUT2D eigenvalue weighted by Gasteiger charge is -2.21. The summed E-state index contributed by atoms with van der Waals surface area (Å²) in [5.74, 6) is 0.372. The molecule has 4 aromatic rings. The van der Waals surface area contributed by atoms with E-state index in [-0.39, 0.29) is 24.3 Å². The van der Waals surface area contributed by atoms with Crippen LogP contribution >= 0.6 is 0 Å². The number of H-pyrrole nitrogens is 1. The van der Waals surface area contributed by atoms with Gasteiger partial charge in [0.2, 0.25) is 0 Å². The van der Waals surface area contributed by atoms with Crippen molar-refractivity contribution in [1.82, 2.24) is 14.9 Å². The summed E-state index contributed by atoms with van der Waals surface area (Å²) < 4.78 is 4.92. The third-order valence-corrected chi connectivity index (χ3v) is 6.30. The summed E-state index contributed by atoms with van der Waals surface area (Å²) in [5.41, 5.74) is 6.36. The molecule has 0 aliphatic carbocycles. The lowest BCUT2D eigenvalue weighted by atomic mass is 9.94. The van der Waals surface area contributed by atoms with E-state index in [1.165, 1.54) is 7.11 Å². The van der Waals surface area contributed by atoms with Gasteiger partial charge in [-0.15, -0.1) is 0 Å². The number of anilines is 1. The number of amides is 1. The first-order valence-electron chi connectivity index (χ1n) is 11.3. The molecular weight excluding hydrogens is 428 g/mol. The number of nitrogens with one attached hydrogen (secondary N) is 2. The molecule has 0 bridgehead atoms. The maximum Gasteiger partial charge on any atom is 0.307 e. The second-order valence-corrected chi connectivity index (χ2v) is 8.55. The van der Waals surface area contributed by atoms with Crippen molar-refractivity contribution in [2.45, 2.75) is 25.4 Å². The summed E-state index contributed by atoms with van der Waals surface area (Å²) in [6.07, 6.45) is 0.799. The smallest absolute Gasteiger partial charge is 0.307 e. The third-order valence-electron chi connectivity index (χ3n) is 6.30. The van der Waals surface area contributed by atoms with Crippen LogP contribution in [0.3, 0.4) is 0 Å². The van der Waals surface area contributed by atoms with Crippen LogP contribution in [0.4, 0.5) is 5.69 Å². The minimum absolute atomic E-state index is 0.0806. The number of fused-ring (bicyclic) bond motifs is 3. The van der Waals surface area contributed by atoms with Crippen molar-refractivity contribution >= 4 is 28.6 Å². The summed E-state index contributed by atoms with van der Waals surface area (Å²) in [5, 5.41) is 3.49. The van der Waals surface area contributed by atoms with Crippen molar-refractivity contribution < 1.29 is 14.3 Å². The minimum atomic E-state index is -0.284. The molecule has 0 spiro atoms. The molecule has 7 heteroatoms. The number of aromatic amines is 1. The maximum absolute atomic E-state index is 13.5. The van der Waals surface area contributed by atoms with Gasteiger partial charge in [0.25, 0.3) is 5.91 Å². The highest BCUT2D eigenvalue weighted by Gasteiger charge is 2.27. The van der Waals surface area contributed by atoms with Gasteiger partial charge in [0.05, 0.1) is 37.2 Å². The van der Waals surface area contributed by atoms with E-state index in [0.717, 1.165) is 39.2 Å². The number of nitrogens with zero attached hydrogens (tertiary/aromatic N) is 2. The van der Waals surface area contributed by atoms with Gasteiger partial charge in [-0.3, -0.25) is 9.59 Å². The largest absolute Gasteiger partial charge is 0.469 e. The van der Waals surface area contributed by atoms with Crippen molar-refractivity contribution in [3.63, 3.8) is 0 Å². The van der Waals surface area contributed by atoms with Crippen LogP contribution < -0.4 is 5.32 Å². The van der Waals surface area contributed by atoms with Gasteiger partial charge in [-0.25, -0.2) is 4.98 Å². The number of aromatic nitrogens is 2. The molecule has 0 radical (unpaired) electrons. The Balaban J connectivity index is 1.46. The number of methoxy groups -OCH3 is 1. The molecule has 1 atom stereocenters. The number of imidazole rings is 1. The number of para-hydroxylation sites is 2. The number of benzene rings is 3. The molecule has 172 valence electrons. The van der Waals surface area contributed by atoms with E-state index in [0.29, 0.717) is 18.5 Å². The lowest BCUT2D eigenvalue weighted by molar-refractivity contribution is -0.140. The molecule has 1 aliphatic heterocycles. The molecule has 2 heterocycles. The van der Waals surface area contributed by atoms with Crippen LogP contribution in [0.25, 0.3) is 11.0 Å². The van der Waals surface area contributed by atoms with Crippen LogP contribution in [0.1, 0.15) is 45.3 Å². The van der Waals surface area contributed by atoms with Crippen LogP contribution in [0.15, 0.2) is 66.7 Å². The molecule has 1 aromatic heterocycles. The summed E-state index contributed by atoms with van der Waals surface area (Å²) >= 11 is 0. The number of rotatable bonds is 5. The maximum atomic E-state index is 13.5. The fraction of sp³-hybridized carbons (Fsp3) is 0.222. The number of carbonyl (C=O) groups excluding carboxylic acids is 2. The molecule has 2 N–H and O–H groups in total. The van der Waals surface area contributed by atoms with Gasteiger partial charge in [0.15, 0.2) is 0 Å². The normalized spacial score (nSPS) is 14.5. The zero-order valence-corrected chi connectivity index (χ0v) is 19.2. The second-order valence-electron chi connectivity index (χ2n) is 8.55. The number of esters is 1. The van der Waals surface area contributed by atoms with Crippen LogP contribution in [0, 0.1) is 0 Å². The van der Waals surface area contributed by atoms with Gasteiger partial charge in [-0.05, 0) is 41.0 Å². The molecule has 1 amide bonds. The van der Waals surface area contributed by atoms with Gasteiger partial charge >= 0.3 is 5.97 Å². The lowest BCUT2D eigenvalue weighted by Crippen LogP contribution is -2.28. The van der Waals surface area contributed by atoms with Gasteiger partial charge < -0.3 is 19.9 Å². The number of carbonyl (C=O) groups is 2. The highest BCUT2D eigenvalue weighted by atomic mass is 16.5. The Bertz CT molecular complexity index is 1340. The Labute approximate surface area is 197 Å². The fourth-order valence-electron chi connectivity index (χ4n) is 4.60. The van der Waals surface area contributed by atoms with Crippen LogP contribution in [-0.4, -0.2) is 40.9 Å². The van der Waals surface area contributed by atoms with Crippen molar-refractivity contribution in [1.29, 1.82) is 0 Å². The average Bonchev–Trinajstić information content (AvgIpc) is 3.19. The molecule has 34 heavy (non-hydrogen) atoms. The molecule has 7 nitrogen and oxygen atoms in total. The number of ether oxygens (including phenoxy) is 1. The summed E-state index contributed by atoms with van der Waals surface area (Å²) in [4.78, 5) is 35.2. The summed E-state index contributed by atoms with van der Waals surface area (Å²) in [6.45, 7) is 0.367. The van der Waals surface area contributed by atoms with E-state index < -0.39 is 0 Å². The van der Waals surface area contributed by atoms with Crippen LogP contribution in [0.5, 0.6) is 0 Å². The minimum Gasteiger partial charge on any atom is -0.469 e. The van der Waals surface area contributed by atoms with Gasteiger partial charge in [0.1, 0.15) is 5.82 Å². The fourth-order valence-corrected chi connectivity index (χ4v) is 4.60. The first-order chi connectivity index (χ1) is 16.5. The van der Waals surface area contributed by atoms with Gasteiger partial charge in [-0.2, -0.15) is 0 Å². The van der Waals surface area contributed by atoms with Crippen molar-refractivity contribution in [3.05, 3.63) is 94.8 Å². The van der Waals surface area contributed by atoms with Gasteiger partial charge in [0, 0.05) is 24.7 Å². The number of hydrogen-bond acceptors (Lipinski definition) is 5.